The zero-order valence-corrected chi connectivity index (χ0v) is 13.2. The third-order valence-electron chi connectivity index (χ3n) is 3.69. The molecule has 1 aliphatic rings. The van der Waals surface area contributed by atoms with E-state index in [4.69, 9.17) is 4.74 Å². The van der Waals surface area contributed by atoms with Crippen LogP contribution in [0.25, 0.3) is 0 Å². The Morgan fingerprint density at radius 1 is 1.16 bits per heavy atom. The first-order valence-electron chi connectivity index (χ1n) is 7.85. The van der Waals surface area contributed by atoms with Crippen LogP contribution in [0.3, 0.4) is 0 Å². The minimum Gasteiger partial charge on any atom is -0.466 e. The van der Waals surface area contributed by atoms with E-state index in [1.165, 1.54) is 32.5 Å². The van der Waals surface area contributed by atoms with E-state index in [0.717, 1.165) is 18.3 Å². The molecule has 0 aromatic carbocycles. The van der Waals surface area contributed by atoms with E-state index < -0.39 is 0 Å². The van der Waals surface area contributed by atoms with Gasteiger partial charge in [-0.1, -0.05) is 27.7 Å². The molecule has 1 saturated heterocycles. The summed E-state index contributed by atoms with van der Waals surface area (Å²) in [6.45, 7) is 12.9. The highest BCUT2D eigenvalue weighted by Crippen LogP contribution is 2.21. The first kappa shape index (κ1) is 16.5. The second kappa shape index (κ2) is 8.57. The Morgan fingerprint density at radius 2 is 1.79 bits per heavy atom. The Morgan fingerprint density at radius 3 is 2.32 bits per heavy atom. The van der Waals surface area contributed by atoms with Gasteiger partial charge < -0.3 is 9.64 Å². The Hall–Kier alpha value is -0.570. The van der Waals surface area contributed by atoms with Crippen LogP contribution in [0.1, 0.15) is 53.4 Å². The summed E-state index contributed by atoms with van der Waals surface area (Å²) in [5, 5.41) is 0. The molecule has 0 saturated carbocycles. The van der Waals surface area contributed by atoms with E-state index in [-0.39, 0.29) is 5.97 Å². The summed E-state index contributed by atoms with van der Waals surface area (Å²) in [4.78, 5) is 14.0. The van der Waals surface area contributed by atoms with E-state index in [9.17, 15) is 4.79 Å². The van der Waals surface area contributed by atoms with Gasteiger partial charge in [0.05, 0.1) is 6.61 Å². The molecule has 0 aliphatic carbocycles. The van der Waals surface area contributed by atoms with Gasteiger partial charge in [-0.15, -0.1) is 0 Å². The molecule has 1 heterocycles. The first-order chi connectivity index (χ1) is 8.97. The minimum atomic E-state index is -0.0350. The fourth-order valence-corrected chi connectivity index (χ4v) is 2.71. The van der Waals surface area contributed by atoms with Gasteiger partial charge in [0.15, 0.2) is 0 Å². The van der Waals surface area contributed by atoms with Gasteiger partial charge in [-0.3, -0.25) is 4.79 Å². The fourth-order valence-electron chi connectivity index (χ4n) is 2.71. The van der Waals surface area contributed by atoms with E-state index in [1.54, 1.807) is 0 Å². The number of nitrogens with zero attached hydrogens (tertiary/aromatic N) is 1. The van der Waals surface area contributed by atoms with Crippen molar-refractivity contribution in [2.75, 3.05) is 26.2 Å². The Balaban J connectivity index is 2.08. The van der Waals surface area contributed by atoms with Crippen LogP contribution in [0.4, 0.5) is 0 Å². The standard InChI is InChI=1S/C16H31NO2/c1-13(2)11-16(18)19-10-7-15-5-8-17(9-6-15)12-14(3)4/h13-15H,5-12H2,1-4H3. The van der Waals surface area contributed by atoms with E-state index >= 15 is 0 Å². The van der Waals surface area contributed by atoms with Crippen LogP contribution in [0.5, 0.6) is 0 Å². The fraction of sp³-hybridized carbons (Fsp3) is 0.938. The molecule has 0 aromatic rings. The molecule has 0 radical (unpaired) electrons. The van der Waals surface area contributed by atoms with Crippen LogP contribution in [-0.2, 0) is 9.53 Å². The van der Waals surface area contributed by atoms with Crippen molar-refractivity contribution >= 4 is 5.97 Å². The van der Waals surface area contributed by atoms with Crippen LogP contribution in [-0.4, -0.2) is 37.1 Å². The van der Waals surface area contributed by atoms with Crippen LogP contribution < -0.4 is 0 Å². The van der Waals surface area contributed by atoms with Gasteiger partial charge in [-0.2, -0.15) is 0 Å². The maximum atomic E-state index is 11.4. The molecule has 112 valence electrons. The highest BCUT2D eigenvalue weighted by molar-refractivity contribution is 5.69. The van der Waals surface area contributed by atoms with Crippen molar-refractivity contribution < 1.29 is 9.53 Å². The SMILES string of the molecule is CC(C)CC(=O)OCCC1CCN(CC(C)C)CC1. The molecule has 0 amide bonds. The molecule has 0 bridgehead atoms. The predicted octanol–water partition coefficient (Wildman–Crippen LogP) is 3.33. The van der Waals surface area contributed by atoms with E-state index in [1.807, 2.05) is 13.8 Å². The molecule has 3 nitrogen and oxygen atoms in total. The number of likely N-dealkylation sites (tertiary alicyclic amines) is 1. The summed E-state index contributed by atoms with van der Waals surface area (Å²) >= 11 is 0. The Labute approximate surface area is 118 Å². The van der Waals surface area contributed by atoms with Gasteiger partial charge in [-0.05, 0) is 50.1 Å². The van der Waals surface area contributed by atoms with Crippen LogP contribution in [0.15, 0.2) is 0 Å². The normalized spacial score (nSPS) is 18.2. The topological polar surface area (TPSA) is 29.5 Å². The average molecular weight is 269 g/mol. The number of hydrogen-bond donors (Lipinski definition) is 0. The number of carbonyl (C=O) groups is 1. The van der Waals surface area contributed by atoms with Gasteiger partial charge >= 0.3 is 5.97 Å². The lowest BCUT2D eigenvalue weighted by Gasteiger charge is -2.32. The van der Waals surface area contributed by atoms with Crippen molar-refractivity contribution in [3.05, 3.63) is 0 Å². The highest BCUT2D eigenvalue weighted by Gasteiger charge is 2.19. The maximum absolute atomic E-state index is 11.4. The number of esters is 1. The molecular formula is C16H31NO2. The summed E-state index contributed by atoms with van der Waals surface area (Å²) in [5.74, 6) is 1.86. The monoisotopic (exact) mass is 269 g/mol. The first-order valence-corrected chi connectivity index (χ1v) is 7.85. The van der Waals surface area contributed by atoms with Crippen molar-refractivity contribution in [1.29, 1.82) is 0 Å². The molecular weight excluding hydrogens is 238 g/mol. The largest absolute Gasteiger partial charge is 0.466 e. The third-order valence-corrected chi connectivity index (χ3v) is 3.69. The molecule has 1 fully saturated rings. The average Bonchev–Trinajstić information content (AvgIpc) is 2.29. The second-order valence-corrected chi connectivity index (χ2v) is 6.74. The second-order valence-electron chi connectivity index (χ2n) is 6.74. The smallest absolute Gasteiger partial charge is 0.306 e. The molecule has 1 rings (SSSR count). The zero-order valence-electron chi connectivity index (χ0n) is 13.2. The molecule has 0 N–H and O–H groups in total. The molecule has 0 unspecified atom stereocenters. The zero-order chi connectivity index (χ0) is 14.3. The van der Waals surface area contributed by atoms with Crippen LogP contribution in [0, 0.1) is 17.8 Å². The minimum absolute atomic E-state index is 0.0350. The van der Waals surface area contributed by atoms with Gasteiger partial charge in [-0.25, -0.2) is 0 Å². The number of hydrogen-bond acceptors (Lipinski definition) is 3. The van der Waals surface area contributed by atoms with Crippen LogP contribution >= 0.6 is 0 Å². The van der Waals surface area contributed by atoms with E-state index in [0.29, 0.717) is 18.9 Å². The lowest BCUT2D eigenvalue weighted by atomic mass is 9.93. The van der Waals surface area contributed by atoms with E-state index in [2.05, 4.69) is 18.7 Å². The summed E-state index contributed by atoms with van der Waals surface area (Å²) in [6.07, 6.45) is 4.11. The predicted molar refractivity (Wildman–Crippen MR) is 79.0 cm³/mol. The molecule has 0 atom stereocenters. The summed E-state index contributed by atoms with van der Waals surface area (Å²) < 4.78 is 5.29. The maximum Gasteiger partial charge on any atom is 0.306 e. The lowest BCUT2D eigenvalue weighted by molar-refractivity contribution is -0.144. The van der Waals surface area contributed by atoms with Gasteiger partial charge in [0.2, 0.25) is 0 Å². The summed E-state index contributed by atoms with van der Waals surface area (Å²) in [7, 11) is 0. The Kier molecular flexibility index (Phi) is 7.44. The molecule has 19 heavy (non-hydrogen) atoms. The van der Waals surface area contributed by atoms with Crippen molar-refractivity contribution in [3.63, 3.8) is 0 Å². The lowest BCUT2D eigenvalue weighted by Crippen LogP contribution is -2.36. The quantitative estimate of drug-likeness (QED) is 0.664. The van der Waals surface area contributed by atoms with Crippen molar-refractivity contribution in [1.82, 2.24) is 4.90 Å². The number of ether oxygens (including phenoxy) is 1. The van der Waals surface area contributed by atoms with Crippen molar-refractivity contribution in [2.45, 2.75) is 53.4 Å². The van der Waals surface area contributed by atoms with Crippen LogP contribution in [0.2, 0.25) is 0 Å². The highest BCUT2D eigenvalue weighted by atomic mass is 16.5. The van der Waals surface area contributed by atoms with Gasteiger partial charge in [0.1, 0.15) is 0 Å². The molecule has 0 spiro atoms. The number of piperidine rings is 1. The number of rotatable bonds is 7. The molecule has 0 aromatic heterocycles. The number of carbonyl (C=O) groups excluding carboxylic acids is 1. The van der Waals surface area contributed by atoms with Gasteiger partial charge in [0, 0.05) is 13.0 Å². The third kappa shape index (κ3) is 7.56. The summed E-state index contributed by atoms with van der Waals surface area (Å²) in [6, 6.07) is 0. The van der Waals surface area contributed by atoms with Gasteiger partial charge in [0.25, 0.3) is 0 Å². The van der Waals surface area contributed by atoms with Crippen molar-refractivity contribution in [2.24, 2.45) is 17.8 Å². The molecule has 3 heteroatoms. The van der Waals surface area contributed by atoms with Crippen molar-refractivity contribution in [3.8, 4) is 0 Å². The molecule has 1 aliphatic heterocycles. The Bertz CT molecular complexity index is 255. The summed E-state index contributed by atoms with van der Waals surface area (Å²) in [5.41, 5.74) is 0.